The number of aromatic nitrogens is 4. The van der Waals surface area contributed by atoms with Crippen LogP contribution in [0, 0.1) is 6.92 Å². The van der Waals surface area contributed by atoms with Crippen LogP contribution in [0.2, 0.25) is 5.02 Å². The van der Waals surface area contributed by atoms with Crippen molar-refractivity contribution in [3.8, 4) is 22.4 Å². The molecule has 0 spiro atoms. The Kier molecular flexibility index (Phi) is 6.98. The highest BCUT2D eigenvalue weighted by Gasteiger charge is 2.16. The Labute approximate surface area is 196 Å². The summed E-state index contributed by atoms with van der Waals surface area (Å²) in [5.74, 6) is 0.430. The molecule has 0 radical (unpaired) electrons. The van der Waals surface area contributed by atoms with E-state index in [0.717, 1.165) is 22.3 Å². The van der Waals surface area contributed by atoms with Gasteiger partial charge in [-0.15, -0.1) is 0 Å². The number of hydrogen-bond donors (Lipinski definition) is 2. The van der Waals surface area contributed by atoms with Gasteiger partial charge in [0.1, 0.15) is 5.65 Å². The number of nitrogens with two attached hydrogens (primary N) is 1. The summed E-state index contributed by atoms with van der Waals surface area (Å²) in [6.07, 6.45) is 1.69. The van der Waals surface area contributed by atoms with Gasteiger partial charge in [-0.05, 0) is 31.2 Å². The monoisotopic (exact) mass is 464 g/mol. The first-order valence-electron chi connectivity index (χ1n) is 10.6. The molecule has 3 N–H and O–H groups in total. The first-order valence-corrected chi connectivity index (χ1v) is 11.0. The highest BCUT2D eigenvalue weighted by molar-refractivity contribution is 6.33. The summed E-state index contributed by atoms with van der Waals surface area (Å²) in [6.45, 7) is 3.44. The van der Waals surface area contributed by atoms with Gasteiger partial charge < -0.3 is 15.8 Å². The lowest BCUT2D eigenvalue weighted by atomic mass is 10.0. The van der Waals surface area contributed by atoms with Crippen molar-refractivity contribution >= 4 is 28.6 Å². The third-order valence-corrected chi connectivity index (χ3v) is 5.53. The Morgan fingerprint density at radius 2 is 1.97 bits per heavy atom. The smallest absolute Gasteiger partial charge is 0.260 e. The molecule has 0 amide bonds. The Hall–Kier alpha value is -3.33. The number of ether oxygens (including phenoxy) is 1. The second-order valence-corrected chi connectivity index (χ2v) is 7.90. The normalized spacial score (nSPS) is 11.2. The van der Waals surface area contributed by atoms with E-state index < -0.39 is 0 Å². The molecule has 0 fully saturated rings. The molecule has 0 saturated heterocycles. The summed E-state index contributed by atoms with van der Waals surface area (Å²) in [5, 5.41) is 4.10. The van der Waals surface area contributed by atoms with Crippen molar-refractivity contribution in [2.45, 2.75) is 13.5 Å². The van der Waals surface area contributed by atoms with E-state index in [1.54, 1.807) is 23.9 Å². The second-order valence-electron chi connectivity index (χ2n) is 7.50. The highest BCUT2D eigenvalue weighted by atomic mass is 35.5. The fraction of sp³-hybridized carbons (Fsp3) is 0.250. The molecule has 4 aromatic rings. The average molecular weight is 465 g/mol. The third kappa shape index (κ3) is 4.88. The standard InChI is InChI=1S/C24H25ClN6O2/c1-15-4-3-5-21(29-15)16-6-7-18(20(25)13-16)19-12-17-14-28-24(27-2)30-22(17)31(23(19)32)9-11-33-10-8-26/h3-7,12-14H,8-11,26H2,1-2H3,(H,27,28,30). The van der Waals surface area contributed by atoms with Gasteiger partial charge in [-0.3, -0.25) is 14.3 Å². The SMILES string of the molecule is CNc1ncc2cc(-c3ccc(-c4cccc(C)n4)cc3Cl)c(=O)n(CCOCCN)c2n1. The molecule has 3 heterocycles. The van der Waals surface area contributed by atoms with Crippen molar-refractivity contribution in [1.29, 1.82) is 0 Å². The fourth-order valence-electron chi connectivity index (χ4n) is 3.62. The van der Waals surface area contributed by atoms with Crippen LogP contribution in [-0.4, -0.2) is 46.3 Å². The molecule has 33 heavy (non-hydrogen) atoms. The fourth-order valence-corrected chi connectivity index (χ4v) is 3.90. The zero-order valence-electron chi connectivity index (χ0n) is 18.5. The topological polar surface area (TPSA) is 108 Å². The van der Waals surface area contributed by atoms with Gasteiger partial charge in [0, 0.05) is 52.6 Å². The van der Waals surface area contributed by atoms with E-state index in [9.17, 15) is 4.79 Å². The van der Waals surface area contributed by atoms with Gasteiger partial charge in [-0.1, -0.05) is 29.8 Å². The van der Waals surface area contributed by atoms with Crippen LogP contribution in [0.1, 0.15) is 5.69 Å². The Bertz CT molecular complexity index is 1350. The minimum atomic E-state index is -0.206. The maximum Gasteiger partial charge on any atom is 0.260 e. The molecule has 0 bridgehead atoms. The van der Waals surface area contributed by atoms with Crippen LogP contribution in [0.25, 0.3) is 33.4 Å². The molecular formula is C24H25ClN6O2. The number of nitrogens with one attached hydrogen (secondary N) is 1. The molecule has 0 unspecified atom stereocenters. The molecule has 0 atom stereocenters. The lowest BCUT2D eigenvalue weighted by Gasteiger charge is -2.14. The molecule has 0 aliphatic rings. The average Bonchev–Trinajstić information content (AvgIpc) is 2.82. The minimum Gasteiger partial charge on any atom is -0.378 e. The third-order valence-electron chi connectivity index (χ3n) is 5.22. The molecule has 170 valence electrons. The van der Waals surface area contributed by atoms with Crippen molar-refractivity contribution in [3.05, 3.63) is 69.7 Å². The first kappa shape index (κ1) is 22.8. The number of pyridine rings is 2. The van der Waals surface area contributed by atoms with Gasteiger partial charge in [0.2, 0.25) is 5.95 Å². The lowest BCUT2D eigenvalue weighted by molar-refractivity contribution is 0.133. The Morgan fingerprint density at radius 3 is 2.70 bits per heavy atom. The van der Waals surface area contributed by atoms with Crippen LogP contribution in [-0.2, 0) is 11.3 Å². The molecule has 4 rings (SSSR count). The zero-order chi connectivity index (χ0) is 23.4. The molecule has 0 saturated carbocycles. The van der Waals surface area contributed by atoms with Crippen LogP contribution in [0.15, 0.2) is 53.5 Å². The zero-order valence-corrected chi connectivity index (χ0v) is 19.3. The molecule has 0 aliphatic heterocycles. The predicted molar refractivity (Wildman–Crippen MR) is 132 cm³/mol. The van der Waals surface area contributed by atoms with E-state index in [2.05, 4.69) is 20.3 Å². The number of rotatable bonds is 8. The molecule has 1 aromatic carbocycles. The van der Waals surface area contributed by atoms with Crippen molar-refractivity contribution in [3.63, 3.8) is 0 Å². The van der Waals surface area contributed by atoms with E-state index in [1.165, 1.54) is 0 Å². The summed E-state index contributed by atoms with van der Waals surface area (Å²) >= 11 is 6.67. The van der Waals surface area contributed by atoms with Gasteiger partial charge >= 0.3 is 0 Å². The summed E-state index contributed by atoms with van der Waals surface area (Å²) in [6, 6.07) is 13.2. The number of anilines is 1. The van der Waals surface area contributed by atoms with E-state index in [0.29, 0.717) is 54.0 Å². The lowest BCUT2D eigenvalue weighted by Crippen LogP contribution is -2.26. The van der Waals surface area contributed by atoms with Gasteiger partial charge in [0.05, 0.1) is 25.5 Å². The maximum atomic E-state index is 13.5. The quantitative estimate of drug-likeness (QED) is 0.384. The van der Waals surface area contributed by atoms with E-state index in [1.807, 2.05) is 43.3 Å². The van der Waals surface area contributed by atoms with E-state index >= 15 is 0 Å². The first-order chi connectivity index (χ1) is 16.0. The summed E-state index contributed by atoms with van der Waals surface area (Å²) in [7, 11) is 1.73. The largest absolute Gasteiger partial charge is 0.378 e. The van der Waals surface area contributed by atoms with Crippen molar-refractivity contribution in [1.82, 2.24) is 19.5 Å². The van der Waals surface area contributed by atoms with Crippen LogP contribution < -0.4 is 16.6 Å². The number of fused-ring (bicyclic) bond motifs is 1. The number of halogens is 1. The summed E-state index contributed by atoms with van der Waals surface area (Å²) < 4.78 is 7.11. The summed E-state index contributed by atoms with van der Waals surface area (Å²) in [4.78, 5) is 26.9. The molecule has 8 nitrogen and oxygen atoms in total. The molecule has 0 aliphatic carbocycles. The van der Waals surface area contributed by atoms with Crippen LogP contribution in [0.3, 0.4) is 0 Å². The van der Waals surface area contributed by atoms with E-state index in [4.69, 9.17) is 22.1 Å². The second kappa shape index (κ2) is 10.1. The van der Waals surface area contributed by atoms with Gasteiger partial charge in [0.25, 0.3) is 5.56 Å². The van der Waals surface area contributed by atoms with Gasteiger partial charge in [0.15, 0.2) is 0 Å². The molecule has 3 aromatic heterocycles. The summed E-state index contributed by atoms with van der Waals surface area (Å²) in [5.41, 5.74) is 9.55. The Morgan fingerprint density at radius 1 is 1.12 bits per heavy atom. The maximum absolute atomic E-state index is 13.5. The predicted octanol–water partition coefficient (Wildman–Crippen LogP) is 3.50. The minimum absolute atomic E-state index is 0.206. The Balaban J connectivity index is 1.81. The molecule has 9 heteroatoms. The van der Waals surface area contributed by atoms with Crippen molar-refractivity contribution in [2.75, 3.05) is 32.1 Å². The van der Waals surface area contributed by atoms with Gasteiger partial charge in [-0.2, -0.15) is 4.98 Å². The number of nitrogens with zero attached hydrogens (tertiary/aromatic N) is 4. The molecular weight excluding hydrogens is 440 g/mol. The van der Waals surface area contributed by atoms with Crippen molar-refractivity contribution < 1.29 is 4.74 Å². The number of benzene rings is 1. The van der Waals surface area contributed by atoms with E-state index in [-0.39, 0.29) is 5.56 Å². The van der Waals surface area contributed by atoms with Crippen molar-refractivity contribution in [2.24, 2.45) is 5.73 Å². The van der Waals surface area contributed by atoms with Gasteiger partial charge in [-0.25, -0.2) is 4.98 Å². The van der Waals surface area contributed by atoms with Crippen LogP contribution >= 0.6 is 11.6 Å². The van der Waals surface area contributed by atoms with Crippen LogP contribution in [0.5, 0.6) is 0 Å². The number of hydrogen-bond acceptors (Lipinski definition) is 7. The highest BCUT2D eigenvalue weighted by Crippen LogP contribution is 2.31. The van der Waals surface area contributed by atoms with Crippen LogP contribution in [0.4, 0.5) is 5.95 Å². The number of aryl methyl sites for hydroxylation is 1.